The Balaban J connectivity index is 1.42. The van der Waals surface area contributed by atoms with E-state index in [0.717, 1.165) is 5.56 Å². The Morgan fingerprint density at radius 1 is 0.833 bits per heavy atom. The van der Waals surface area contributed by atoms with E-state index in [-0.39, 0.29) is 29.5 Å². The van der Waals surface area contributed by atoms with Gasteiger partial charge in [-0.2, -0.15) is 4.68 Å². The molecule has 3 aromatic rings. The number of nitrogens with zero attached hydrogens (tertiary/aromatic N) is 4. The lowest BCUT2D eigenvalue weighted by atomic mass is 10.1. The lowest BCUT2D eigenvalue weighted by molar-refractivity contribution is -0.130. The van der Waals surface area contributed by atoms with Gasteiger partial charge in [0.05, 0.1) is 12.1 Å². The molecule has 0 bridgehead atoms. The van der Waals surface area contributed by atoms with E-state index in [4.69, 9.17) is 0 Å². The molecule has 0 unspecified atom stereocenters. The van der Waals surface area contributed by atoms with Crippen LogP contribution in [0.1, 0.15) is 5.56 Å². The summed E-state index contributed by atoms with van der Waals surface area (Å²) in [6.07, 6.45) is 0.230. The van der Waals surface area contributed by atoms with Gasteiger partial charge in [-0.1, -0.05) is 12.1 Å². The molecule has 0 atom stereocenters. The van der Waals surface area contributed by atoms with Crippen molar-refractivity contribution in [1.82, 2.24) is 14.7 Å². The molecular formula is C22H20F2N4O2. The molecule has 1 saturated heterocycles. The molecule has 0 aliphatic carbocycles. The van der Waals surface area contributed by atoms with Crippen molar-refractivity contribution >= 4 is 11.7 Å². The fraction of sp³-hybridized carbons (Fsp3) is 0.227. The molecule has 1 amide bonds. The van der Waals surface area contributed by atoms with Crippen LogP contribution < -0.4 is 10.5 Å². The summed E-state index contributed by atoms with van der Waals surface area (Å²) in [5, 5.41) is 4.41. The van der Waals surface area contributed by atoms with Crippen molar-refractivity contribution < 1.29 is 13.6 Å². The van der Waals surface area contributed by atoms with Crippen LogP contribution in [0.3, 0.4) is 0 Å². The van der Waals surface area contributed by atoms with Gasteiger partial charge in [-0.25, -0.2) is 8.78 Å². The summed E-state index contributed by atoms with van der Waals surface area (Å²) in [5.74, 6) is -0.103. The van der Waals surface area contributed by atoms with Gasteiger partial charge in [0.2, 0.25) is 5.91 Å². The molecule has 2 heterocycles. The molecule has 1 aromatic heterocycles. The first-order valence-corrected chi connectivity index (χ1v) is 9.63. The summed E-state index contributed by atoms with van der Waals surface area (Å²) in [7, 11) is 0. The van der Waals surface area contributed by atoms with E-state index >= 15 is 0 Å². The highest BCUT2D eigenvalue weighted by Gasteiger charge is 2.22. The van der Waals surface area contributed by atoms with Crippen molar-refractivity contribution in [2.45, 2.75) is 6.42 Å². The average molecular weight is 410 g/mol. The fourth-order valence-electron chi connectivity index (χ4n) is 3.41. The van der Waals surface area contributed by atoms with Crippen LogP contribution in [0.4, 0.5) is 14.6 Å². The number of halogens is 2. The van der Waals surface area contributed by atoms with Crippen LogP contribution in [0.15, 0.2) is 65.5 Å². The van der Waals surface area contributed by atoms with Gasteiger partial charge in [0, 0.05) is 32.2 Å². The molecule has 1 fully saturated rings. The van der Waals surface area contributed by atoms with Gasteiger partial charge in [-0.15, -0.1) is 5.10 Å². The Morgan fingerprint density at radius 3 is 2.07 bits per heavy atom. The topological polar surface area (TPSA) is 58.4 Å². The van der Waals surface area contributed by atoms with Crippen molar-refractivity contribution in [2.75, 3.05) is 31.1 Å². The zero-order valence-corrected chi connectivity index (χ0v) is 16.2. The maximum Gasteiger partial charge on any atom is 0.271 e. The monoisotopic (exact) mass is 410 g/mol. The van der Waals surface area contributed by atoms with Gasteiger partial charge in [0.15, 0.2) is 0 Å². The van der Waals surface area contributed by atoms with Crippen molar-refractivity contribution in [3.05, 3.63) is 88.2 Å². The van der Waals surface area contributed by atoms with Crippen molar-refractivity contribution in [3.63, 3.8) is 0 Å². The van der Waals surface area contributed by atoms with Crippen LogP contribution >= 0.6 is 0 Å². The molecule has 2 aromatic carbocycles. The number of carbonyl (C=O) groups is 1. The third-order valence-electron chi connectivity index (χ3n) is 5.08. The minimum atomic E-state index is -0.385. The van der Waals surface area contributed by atoms with E-state index < -0.39 is 0 Å². The van der Waals surface area contributed by atoms with Gasteiger partial charge in [-0.05, 0) is 48.0 Å². The quantitative estimate of drug-likeness (QED) is 0.663. The van der Waals surface area contributed by atoms with E-state index in [1.54, 1.807) is 23.1 Å². The van der Waals surface area contributed by atoms with E-state index in [9.17, 15) is 18.4 Å². The molecule has 4 rings (SSSR count). The number of anilines is 1. The highest BCUT2D eigenvalue weighted by atomic mass is 19.1. The van der Waals surface area contributed by atoms with Gasteiger partial charge in [0.25, 0.3) is 5.56 Å². The van der Waals surface area contributed by atoms with E-state index in [1.807, 2.05) is 4.90 Å². The highest BCUT2D eigenvalue weighted by Crippen LogP contribution is 2.15. The largest absolute Gasteiger partial charge is 0.352 e. The van der Waals surface area contributed by atoms with E-state index in [2.05, 4.69) is 5.10 Å². The summed E-state index contributed by atoms with van der Waals surface area (Å²) in [4.78, 5) is 28.5. The second kappa shape index (κ2) is 8.44. The van der Waals surface area contributed by atoms with Crippen LogP contribution in [0, 0.1) is 11.6 Å². The fourth-order valence-corrected chi connectivity index (χ4v) is 3.41. The first-order valence-electron chi connectivity index (χ1n) is 9.63. The molecule has 1 aliphatic rings. The zero-order chi connectivity index (χ0) is 21.1. The predicted octanol–water partition coefficient (Wildman–Crippen LogP) is 2.40. The lowest BCUT2D eigenvalue weighted by Gasteiger charge is -2.35. The third kappa shape index (κ3) is 4.37. The van der Waals surface area contributed by atoms with Crippen LogP contribution in [0.5, 0.6) is 0 Å². The number of amides is 1. The minimum Gasteiger partial charge on any atom is -0.352 e. The van der Waals surface area contributed by atoms with Gasteiger partial charge in [-0.3, -0.25) is 9.59 Å². The zero-order valence-electron chi connectivity index (χ0n) is 16.2. The highest BCUT2D eigenvalue weighted by molar-refractivity contribution is 5.79. The van der Waals surface area contributed by atoms with Crippen LogP contribution in [-0.2, 0) is 11.2 Å². The maximum absolute atomic E-state index is 13.2. The molecule has 0 N–H and O–H groups in total. The summed E-state index contributed by atoms with van der Waals surface area (Å²) in [6.45, 7) is 2.20. The number of rotatable bonds is 4. The van der Waals surface area contributed by atoms with Gasteiger partial charge < -0.3 is 9.80 Å². The summed E-state index contributed by atoms with van der Waals surface area (Å²) in [5.41, 5.74) is 0.951. The molecular weight excluding hydrogens is 390 g/mol. The molecule has 0 radical (unpaired) electrons. The van der Waals surface area contributed by atoms with Crippen LogP contribution in [0.25, 0.3) is 5.69 Å². The number of hydrogen-bond donors (Lipinski definition) is 0. The normalized spacial score (nSPS) is 14.1. The summed E-state index contributed by atoms with van der Waals surface area (Å²) < 4.78 is 27.4. The maximum atomic E-state index is 13.2. The molecule has 0 spiro atoms. The summed E-state index contributed by atoms with van der Waals surface area (Å²) in [6, 6.07) is 14.6. The second-order valence-electron chi connectivity index (χ2n) is 7.09. The van der Waals surface area contributed by atoms with E-state index in [0.29, 0.717) is 37.7 Å². The number of benzene rings is 2. The summed E-state index contributed by atoms with van der Waals surface area (Å²) >= 11 is 0. The third-order valence-corrected chi connectivity index (χ3v) is 5.08. The number of aromatic nitrogens is 2. The number of hydrogen-bond acceptors (Lipinski definition) is 4. The first kappa shape index (κ1) is 19.8. The second-order valence-corrected chi connectivity index (χ2v) is 7.09. The molecule has 154 valence electrons. The van der Waals surface area contributed by atoms with Gasteiger partial charge in [0.1, 0.15) is 17.5 Å². The molecule has 1 aliphatic heterocycles. The molecule has 0 saturated carbocycles. The van der Waals surface area contributed by atoms with Crippen molar-refractivity contribution in [1.29, 1.82) is 0 Å². The van der Waals surface area contributed by atoms with Crippen LogP contribution in [0.2, 0.25) is 0 Å². The van der Waals surface area contributed by atoms with Crippen molar-refractivity contribution in [2.24, 2.45) is 0 Å². The standard InChI is InChI=1S/C22H20F2N4O2/c23-17-3-1-16(2-4-17)15-22(30)27-13-11-26(12-14-27)20-9-10-21(29)28(25-20)19-7-5-18(24)6-8-19/h1-10H,11-15H2. The molecule has 6 nitrogen and oxygen atoms in total. The predicted molar refractivity (Wildman–Crippen MR) is 109 cm³/mol. The Morgan fingerprint density at radius 2 is 1.43 bits per heavy atom. The lowest BCUT2D eigenvalue weighted by Crippen LogP contribution is -2.49. The Bertz CT molecular complexity index is 1090. The Kier molecular flexibility index (Phi) is 5.56. The first-order chi connectivity index (χ1) is 14.5. The molecule has 30 heavy (non-hydrogen) atoms. The van der Waals surface area contributed by atoms with Crippen LogP contribution in [-0.4, -0.2) is 46.8 Å². The molecule has 8 heteroatoms. The number of carbonyl (C=O) groups excluding carboxylic acids is 1. The average Bonchev–Trinajstić information content (AvgIpc) is 2.76. The Hall–Kier alpha value is -3.55. The van der Waals surface area contributed by atoms with Crippen molar-refractivity contribution in [3.8, 4) is 5.69 Å². The smallest absolute Gasteiger partial charge is 0.271 e. The Labute approximate surface area is 172 Å². The SMILES string of the molecule is O=C(Cc1ccc(F)cc1)N1CCN(c2ccc(=O)n(-c3ccc(F)cc3)n2)CC1. The van der Waals surface area contributed by atoms with Gasteiger partial charge >= 0.3 is 0 Å². The number of piperazine rings is 1. The minimum absolute atomic E-state index is 0.00880. The van der Waals surface area contributed by atoms with E-state index in [1.165, 1.54) is 47.1 Å².